The maximum atomic E-state index is 13.7. The van der Waals surface area contributed by atoms with Gasteiger partial charge in [-0.15, -0.1) is 0 Å². The summed E-state index contributed by atoms with van der Waals surface area (Å²) >= 11 is 0. The van der Waals surface area contributed by atoms with Crippen molar-refractivity contribution in [1.29, 1.82) is 0 Å². The number of Topliss-reactive ketones (excluding diaryl/α,β-unsaturated/α-hetero) is 1. The molecular weight excluding hydrogens is 472 g/mol. The lowest BCUT2D eigenvalue weighted by Crippen LogP contribution is -2.74. The van der Waals surface area contributed by atoms with E-state index in [1.807, 2.05) is 6.92 Å². The monoisotopic (exact) mass is 510 g/mol. The van der Waals surface area contributed by atoms with Gasteiger partial charge in [0.05, 0.1) is 23.5 Å². The molecule has 0 aromatic heterocycles. The third-order valence-corrected chi connectivity index (χ3v) is 10.7. The second-order valence-corrected chi connectivity index (χ2v) is 12.2. The quantitative estimate of drug-likeness (QED) is 0.216. The van der Waals surface area contributed by atoms with Crippen molar-refractivity contribution in [3.8, 4) is 0 Å². The van der Waals surface area contributed by atoms with Gasteiger partial charge in [-0.25, -0.2) is 0 Å². The van der Waals surface area contributed by atoms with Crippen molar-refractivity contribution in [3.63, 3.8) is 0 Å². The van der Waals surface area contributed by atoms with Crippen molar-refractivity contribution in [2.24, 2.45) is 28.1 Å². The van der Waals surface area contributed by atoms with Crippen LogP contribution in [0.15, 0.2) is 12.2 Å². The zero-order valence-electron chi connectivity index (χ0n) is 20.8. The van der Waals surface area contributed by atoms with E-state index in [9.17, 15) is 40.2 Å². The second kappa shape index (κ2) is 8.30. The van der Waals surface area contributed by atoms with Crippen LogP contribution in [0.4, 0.5) is 0 Å². The van der Waals surface area contributed by atoms with E-state index in [4.69, 9.17) is 9.47 Å². The van der Waals surface area contributed by atoms with Gasteiger partial charge in [0.1, 0.15) is 30.0 Å². The SMILES string of the molecule is C=C1C(=O)[C@@]23CC[C@@H]4[C@](C)(C(=O)O[C@@H]5O[C@H](CO)[C@@H](O)[C@H](O)[C@H]5O)CCC[C@@]4(C)[C@]2(O)[C@@H](O)C[C@@H]1C3. The molecule has 6 N–H and O–H groups in total. The molecule has 5 aliphatic rings. The molecule has 0 unspecified atom stereocenters. The number of aliphatic hydroxyl groups excluding tert-OH is 5. The molecule has 12 atom stereocenters. The predicted molar refractivity (Wildman–Crippen MR) is 123 cm³/mol. The second-order valence-electron chi connectivity index (χ2n) is 12.2. The lowest BCUT2D eigenvalue weighted by molar-refractivity contribution is -0.307. The number of carbonyl (C=O) groups excluding carboxylic acids is 2. The van der Waals surface area contributed by atoms with Gasteiger partial charge in [-0.1, -0.05) is 19.9 Å². The first-order chi connectivity index (χ1) is 16.8. The molecule has 5 rings (SSSR count). The molecule has 0 aromatic carbocycles. The van der Waals surface area contributed by atoms with E-state index in [1.54, 1.807) is 6.92 Å². The Hall–Kier alpha value is -1.40. The highest BCUT2D eigenvalue weighted by molar-refractivity contribution is 6.04. The number of esters is 1. The average molecular weight is 511 g/mol. The van der Waals surface area contributed by atoms with Crippen molar-refractivity contribution in [3.05, 3.63) is 12.2 Å². The van der Waals surface area contributed by atoms with Gasteiger partial charge in [-0.2, -0.15) is 0 Å². The first-order valence-electron chi connectivity index (χ1n) is 12.9. The summed E-state index contributed by atoms with van der Waals surface area (Å²) in [5.74, 6) is -1.48. The molecule has 10 heteroatoms. The summed E-state index contributed by atoms with van der Waals surface area (Å²) in [5, 5.41) is 63.6. The molecule has 1 heterocycles. The van der Waals surface area contributed by atoms with E-state index in [1.165, 1.54) is 0 Å². The number of aliphatic hydroxyl groups is 6. The number of hydrogen-bond donors (Lipinski definition) is 6. The van der Waals surface area contributed by atoms with Crippen LogP contribution in [0, 0.1) is 28.1 Å². The number of rotatable bonds is 3. The molecular formula is C26H38O10. The number of hydrogen-bond acceptors (Lipinski definition) is 10. The fraction of sp³-hybridized carbons (Fsp3) is 0.846. The lowest BCUT2D eigenvalue weighted by atomic mass is 9.38. The molecule has 2 bridgehead atoms. The highest BCUT2D eigenvalue weighted by atomic mass is 16.7. The summed E-state index contributed by atoms with van der Waals surface area (Å²) in [6.45, 7) is 6.91. The molecule has 202 valence electrons. The largest absolute Gasteiger partial charge is 0.432 e. The van der Waals surface area contributed by atoms with Crippen LogP contribution in [-0.4, -0.2) is 91.4 Å². The Labute approximate surface area is 209 Å². The third kappa shape index (κ3) is 3.03. The first kappa shape index (κ1) is 26.2. The summed E-state index contributed by atoms with van der Waals surface area (Å²) in [4.78, 5) is 27.1. The summed E-state index contributed by atoms with van der Waals surface area (Å²) in [6, 6.07) is 0. The van der Waals surface area contributed by atoms with Gasteiger partial charge in [0, 0.05) is 5.41 Å². The highest BCUT2D eigenvalue weighted by Crippen LogP contribution is 2.72. The zero-order chi connectivity index (χ0) is 26.4. The fourth-order valence-corrected chi connectivity index (χ4v) is 8.78. The maximum absolute atomic E-state index is 13.7. The van der Waals surface area contributed by atoms with Crippen LogP contribution in [0.3, 0.4) is 0 Å². The van der Waals surface area contributed by atoms with Gasteiger partial charge >= 0.3 is 5.97 Å². The molecule has 0 aromatic rings. The van der Waals surface area contributed by atoms with Crippen LogP contribution < -0.4 is 0 Å². The molecule has 1 saturated heterocycles. The summed E-state index contributed by atoms with van der Waals surface area (Å²) in [7, 11) is 0. The van der Waals surface area contributed by atoms with Gasteiger partial charge in [0.15, 0.2) is 5.78 Å². The molecule has 36 heavy (non-hydrogen) atoms. The summed E-state index contributed by atoms with van der Waals surface area (Å²) in [6.07, 6.45) is -5.99. The predicted octanol–water partition coefficient (Wildman–Crippen LogP) is -0.437. The Morgan fingerprint density at radius 2 is 1.81 bits per heavy atom. The Morgan fingerprint density at radius 1 is 1.11 bits per heavy atom. The fourth-order valence-electron chi connectivity index (χ4n) is 8.78. The van der Waals surface area contributed by atoms with Crippen molar-refractivity contribution in [2.45, 2.75) is 101 Å². The summed E-state index contributed by atoms with van der Waals surface area (Å²) in [5.41, 5.74) is -4.51. The van der Waals surface area contributed by atoms with Crippen LogP contribution in [0.1, 0.15) is 58.8 Å². The van der Waals surface area contributed by atoms with E-state index >= 15 is 0 Å². The topological polar surface area (TPSA) is 174 Å². The minimum Gasteiger partial charge on any atom is -0.432 e. The van der Waals surface area contributed by atoms with Crippen LogP contribution in [0.5, 0.6) is 0 Å². The minimum absolute atomic E-state index is 0.154. The number of allylic oxidation sites excluding steroid dienone is 1. The van der Waals surface area contributed by atoms with Crippen LogP contribution >= 0.6 is 0 Å². The Morgan fingerprint density at radius 3 is 2.47 bits per heavy atom. The van der Waals surface area contributed by atoms with Gasteiger partial charge in [-0.05, 0) is 62.9 Å². The molecule has 10 nitrogen and oxygen atoms in total. The smallest absolute Gasteiger partial charge is 0.314 e. The van der Waals surface area contributed by atoms with Crippen LogP contribution in [0.2, 0.25) is 0 Å². The molecule has 4 aliphatic carbocycles. The zero-order valence-corrected chi connectivity index (χ0v) is 20.8. The Kier molecular flexibility index (Phi) is 6.04. The van der Waals surface area contributed by atoms with E-state index in [-0.39, 0.29) is 18.1 Å². The third-order valence-electron chi connectivity index (χ3n) is 10.7. The minimum atomic E-state index is -1.74. The first-order valence-corrected chi connectivity index (χ1v) is 12.9. The van der Waals surface area contributed by atoms with Crippen molar-refractivity contribution in [1.82, 2.24) is 0 Å². The molecule has 0 radical (unpaired) electrons. The van der Waals surface area contributed by atoms with E-state index < -0.39 is 77.1 Å². The van der Waals surface area contributed by atoms with E-state index in [0.717, 1.165) is 0 Å². The number of ether oxygens (including phenoxy) is 2. The van der Waals surface area contributed by atoms with Gasteiger partial charge in [0.2, 0.25) is 6.29 Å². The van der Waals surface area contributed by atoms with E-state index in [2.05, 4.69) is 6.58 Å². The number of ketones is 1. The van der Waals surface area contributed by atoms with Gasteiger partial charge in [-0.3, -0.25) is 9.59 Å². The number of fused-ring (bicyclic) bond motifs is 3. The normalized spacial score (nSPS) is 54.6. The van der Waals surface area contributed by atoms with Crippen LogP contribution in [-0.2, 0) is 19.1 Å². The Balaban J connectivity index is 1.47. The number of carbonyl (C=O) groups is 2. The Bertz CT molecular complexity index is 966. The van der Waals surface area contributed by atoms with Crippen LogP contribution in [0.25, 0.3) is 0 Å². The molecule has 0 amide bonds. The van der Waals surface area contributed by atoms with E-state index in [0.29, 0.717) is 44.1 Å². The standard InChI is InChI=1S/C26H38O10/c1-12-13-9-16(28)26(34)24(3)7-4-6-23(2,15(24)5-8-25(26,10-13)20(12)32)22(33)36-21-19(31)18(30)17(29)14(11-27)35-21/h13-19,21,27-31,34H,1,4-11H2,2-3H3/t13-,14-,15-,16+,17-,18+,19-,21+,23-,24-,25+,26-/m1/s1. The summed E-state index contributed by atoms with van der Waals surface area (Å²) < 4.78 is 11.0. The van der Waals surface area contributed by atoms with Gasteiger partial charge in [0.25, 0.3) is 0 Å². The van der Waals surface area contributed by atoms with Crippen molar-refractivity contribution < 1.29 is 49.7 Å². The van der Waals surface area contributed by atoms with Crippen molar-refractivity contribution >= 4 is 11.8 Å². The molecule has 1 spiro atoms. The highest BCUT2D eigenvalue weighted by Gasteiger charge is 2.78. The lowest BCUT2D eigenvalue weighted by Gasteiger charge is -2.67. The molecule has 4 saturated carbocycles. The average Bonchev–Trinajstić information content (AvgIpc) is 3.04. The van der Waals surface area contributed by atoms with Gasteiger partial charge < -0.3 is 40.1 Å². The maximum Gasteiger partial charge on any atom is 0.314 e. The molecule has 1 aliphatic heterocycles. The van der Waals surface area contributed by atoms with Crippen molar-refractivity contribution in [2.75, 3.05) is 6.61 Å². The molecule has 5 fully saturated rings.